The lowest BCUT2D eigenvalue weighted by atomic mass is 10.1. The highest BCUT2D eigenvalue weighted by molar-refractivity contribution is 9.11. The van der Waals surface area contributed by atoms with Crippen LogP contribution in [0, 0.1) is 10.1 Å². The number of nitrogens with zero attached hydrogens (tertiary/aromatic N) is 1. The van der Waals surface area contributed by atoms with Crippen molar-refractivity contribution >= 4 is 59.5 Å². The molecule has 0 saturated carbocycles. The van der Waals surface area contributed by atoms with Crippen LogP contribution in [0.25, 0.3) is 21.9 Å². The molecule has 2 aromatic carbocycles. The molecule has 8 heteroatoms. The van der Waals surface area contributed by atoms with Gasteiger partial charge in [0.25, 0.3) is 0 Å². The van der Waals surface area contributed by atoms with Crippen molar-refractivity contribution < 1.29 is 19.6 Å². The molecular formula is C12H5Br2NO5. The van der Waals surface area contributed by atoms with E-state index in [0.717, 1.165) is 6.07 Å². The van der Waals surface area contributed by atoms with Gasteiger partial charge >= 0.3 is 5.69 Å². The highest BCUT2D eigenvalue weighted by Gasteiger charge is 2.24. The highest BCUT2D eigenvalue weighted by Crippen LogP contribution is 2.47. The van der Waals surface area contributed by atoms with E-state index in [9.17, 15) is 20.3 Å². The summed E-state index contributed by atoms with van der Waals surface area (Å²) in [4.78, 5) is 10.2. The van der Waals surface area contributed by atoms with E-state index in [1.54, 1.807) is 6.07 Å². The molecule has 2 N–H and O–H groups in total. The number of fused-ring (bicyclic) bond motifs is 3. The number of rotatable bonds is 1. The number of hydrogen-bond acceptors (Lipinski definition) is 5. The van der Waals surface area contributed by atoms with Crippen LogP contribution in [0.4, 0.5) is 5.69 Å². The molecule has 0 fully saturated rings. The van der Waals surface area contributed by atoms with Gasteiger partial charge in [0.15, 0.2) is 0 Å². The normalized spacial score (nSPS) is 11.3. The summed E-state index contributed by atoms with van der Waals surface area (Å²) in [7, 11) is 0. The Labute approximate surface area is 128 Å². The molecule has 20 heavy (non-hydrogen) atoms. The Bertz CT molecular complexity index is 887. The molecule has 102 valence electrons. The molecule has 0 radical (unpaired) electrons. The predicted octanol–water partition coefficient (Wildman–Crippen LogP) is 4.43. The summed E-state index contributed by atoms with van der Waals surface area (Å²) in [5, 5.41) is 31.5. The molecule has 0 aliphatic heterocycles. The van der Waals surface area contributed by atoms with E-state index in [-0.39, 0.29) is 15.8 Å². The Balaban J connectivity index is 2.57. The quantitative estimate of drug-likeness (QED) is 0.463. The zero-order valence-electron chi connectivity index (χ0n) is 9.55. The van der Waals surface area contributed by atoms with Crippen molar-refractivity contribution in [2.24, 2.45) is 0 Å². The van der Waals surface area contributed by atoms with Crippen LogP contribution in [0.2, 0.25) is 0 Å². The van der Waals surface area contributed by atoms with E-state index in [0.29, 0.717) is 20.8 Å². The van der Waals surface area contributed by atoms with Gasteiger partial charge in [-0.05, 0) is 44.0 Å². The van der Waals surface area contributed by atoms with E-state index in [1.165, 1.54) is 6.07 Å². The first kappa shape index (κ1) is 13.2. The molecule has 0 amide bonds. The first-order valence-electron chi connectivity index (χ1n) is 5.31. The van der Waals surface area contributed by atoms with Crippen molar-refractivity contribution in [1.82, 2.24) is 0 Å². The Morgan fingerprint density at radius 2 is 1.75 bits per heavy atom. The molecule has 1 heterocycles. The molecule has 3 rings (SSSR count). The van der Waals surface area contributed by atoms with Gasteiger partial charge in [-0.25, -0.2) is 0 Å². The van der Waals surface area contributed by atoms with Crippen molar-refractivity contribution in [1.29, 1.82) is 0 Å². The monoisotopic (exact) mass is 401 g/mol. The van der Waals surface area contributed by atoms with E-state index in [2.05, 4.69) is 31.9 Å². The average molecular weight is 403 g/mol. The Kier molecular flexibility index (Phi) is 2.87. The third-order valence-electron chi connectivity index (χ3n) is 2.93. The first-order chi connectivity index (χ1) is 9.41. The molecule has 0 saturated heterocycles. The summed E-state index contributed by atoms with van der Waals surface area (Å²) < 4.78 is 6.06. The fourth-order valence-electron chi connectivity index (χ4n) is 2.04. The molecule has 3 aromatic rings. The molecule has 0 aliphatic carbocycles. The van der Waals surface area contributed by atoms with Crippen LogP contribution < -0.4 is 0 Å². The van der Waals surface area contributed by atoms with Crippen LogP contribution in [0.3, 0.4) is 0 Å². The van der Waals surface area contributed by atoms with Crippen molar-refractivity contribution in [3.05, 3.63) is 37.3 Å². The van der Waals surface area contributed by atoms with Gasteiger partial charge in [-0.1, -0.05) is 0 Å². The van der Waals surface area contributed by atoms with Crippen molar-refractivity contribution in [2.75, 3.05) is 0 Å². The molecule has 0 unspecified atom stereocenters. The number of furan rings is 1. The summed E-state index contributed by atoms with van der Waals surface area (Å²) in [6.45, 7) is 0. The first-order valence-corrected chi connectivity index (χ1v) is 6.90. The van der Waals surface area contributed by atoms with Crippen molar-refractivity contribution in [3.8, 4) is 11.5 Å². The smallest absolute Gasteiger partial charge is 0.315 e. The SMILES string of the molecule is O=[N+]([O-])c1cc2oc3ccc(O)c(Br)c3c2c(Br)c1O. The maximum atomic E-state index is 10.9. The minimum Gasteiger partial charge on any atom is -0.507 e. The summed E-state index contributed by atoms with van der Waals surface area (Å²) >= 11 is 6.38. The van der Waals surface area contributed by atoms with Crippen molar-refractivity contribution in [2.45, 2.75) is 0 Å². The number of hydrogen-bond donors (Lipinski definition) is 2. The second kappa shape index (κ2) is 4.35. The molecule has 0 atom stereocenters. The van der Waals surface area contributed by atoms with Crippen molar-refractivity contribution in [3.63, 3.8) is 0 Å². The third-order valence-corrected chi connectivity index (χ3v) is 4.51. The summed E-state index contributed by atoms with van der Waals surface area (Å²) in [6, 6.07) is 4.14. The van der Waals surface area contributed by atoms with Gasteiger partial charge in [0.05, 0.1) is 19.9 Å². The standard InChI is InChI=1S/C12H5Br2NO5/c13-10-5(16)1-2-6-8(10)9-7(20-6)3-4(15(18)19)12(17)11(9)14/h1-3,16-17H. The Hall–Kier alpha value is -1.80. The van der Waals surface area contributed by atoms with Crippen LogP contribution in [0.5, 0.6) is 11.5 Å². The van der Waals surface area contributed by atoms with Gasteiger partial charge < -0.3 is 14.6 Å². The van der Waals surface area contributed by atoms with Crippen LogP contribution in [-0.4, -0.2) is 15.1 Å². The second-order valence-electron chi connectivity index (χ2n) is 4.06. The maximum absolute atomic E-state index is 10.9. The molecule has 0 aliphatic rings. The fourth-order valence-corrected chi connectivity index (χ4v) is 3.16. The number of phenols is 2. The molecule has 0 bridgehead atoms. The lowest BCUT2D eigenvalue weighted by Crippen LogP contribution is -1.89. The minimum atomic E-state index is -0.695. The number of benzene rings is 2. The topological polar surface area (TPSA) is 96.7 Å². The number of halogens is 2. The molecule has 6 nitrogen and oxygen atoms in total. The van der Waals surface area contributed by atoms with Gasteiger partial charge in [0.2, 0.25) is 5.75 Å². The van der Waals surface area contributed by atoms with Gasteiger partial charge in [-0.3, -0.25) is 10.1 Å². The lowest BCUT2D eigenvalue weighted by Gasteiger charge is -2.01. The predicted molar refractivity (Wildman–Crippen MR) is 79.1 cm³/mol. The van der Waals surface area contributed by atoms with Crippen LogP contribution >= 0.6 is 31.9 Å². The van der Waals surface area contributed by atoms with Crippen LogP contribution in [0.1, 0.15) is 0 Å². The summed E-state index contributed by atoms with van der Waals surface area (Å²) in [5.74, 6) is -0.481. The Morgan fingerprint density at radius 3 is 2.40 bits per heavy atom. The number of nitro groups is 1. The summed E-state index contributed by atoms with van der Waals surface area (Å²) in [6.07, 6.45) is 0. The molecule has 1 aromatic heterocycles. The number of aromatic hydroxyl groups is 2. The number of phenolic OH excluding ortho intramolecular Hbond substituents is 2. The number of nitro benzene ring substituents is 1. The lowest BCUT2D eigenvalue weighted by molar-refractivity contribution is -0.385. The van der Waals surface area contributed by atoms with Crippen LogP contribution in [-0.2, 0) is 0 Å². The van der Waals surface area contributed by atoms with Gasteiger partial charge in [0, 0.05) is 10.8 Å². The van der Waals surface area contributed by atoms with E-state index < -0.39 is 16.4 Å². The highest BCUT2D eigenvalue weighted by atomic mass is 79.9. The molecule has 0 spiro atoms. The van der Waals surface area contributed by atoms with E-state index >= 15 is 0 Å². The summed E-state index contributed by atoms with van der Waals surface area (Å²) in [5.41, 5.74) is 0.219. The fraction of sp³-hybridized carbons (Fsp3) is 0. The van der Waals surface area contributed by atoms with Gasteiger partial charge in [-0.15, -0.1) is 0 Å². The van der Waals surface area contributed by atoms with E-state index in [1.807, 2.05) is 0 Å². The van der Waals surface area contributed by atoms with Gasteiger partial charge in [-0.2, -0.15) is 0 Å². The molecular weight excluding hydrogens is 398 g/mol. The van der Waals surface area contributed by atoms with Gasteiger partial charge in [0.1, 0.15) is 16.9 Å². The maximum Gasteiger partial charge on any atom is 0.315 e. The zero-order chi connectivity index (χ0) is 14.6. The second-order valence-corrected chi connectivity index (χ2v) is 5.65. The average Bonchev–Trinajstić information content (AvgIpc) is 2.77. The zero-order valence-corrected chi connectivity index (χ0v) is 12.7. The third kappa shape index (κ3) is 1.68. The van der Waals surface area contributed by atoms with Crippen LogP contribution in [0.15, 0.2) is 31.6 Å². The largest absolute Gasteiger partial charge is 0.507 e. The van der Waals surface area contributed by atoms with E-state index in [4.69, 9.17) is 4.42 Å². The minimum absolute atomic E-state index is 0.00458. The Morgan fingerprint density at radius 1 is 1.10 bits per heavy atom.